The Kier molecular flexibility index (Phi) is 5.07. The molecule has 8 heteroatoms. The van der Waals surface area contributed by atoms with Gasteiger partial charge in [0.15, 0.2) is 0 Å². The van der Waals surface area contributed by atoms with Crippen LogP contribution in [0.5, 0.6) is 11.5 Å². The summed E-state index contributed by atoms with van der Waals surface area (Å²) in [7, 11) is 2.91. The predicted molar refractivity (Wildman–Crippen MR) is 132 cm³/mol. The van der Waals surface area contributed by atoms with Crippen LogP contribution in [0, 0.1) is 18.8 Å². The Morgan fingerprint density at radius 2 is 1.46 bits per heavy atom. The molecule has 1 spiro atoms. The van der Waals surface area contributed by atoms with Crippen LogP contribution in [0.4, 0.5) is 5.69 Å². The van der Waals surface area contributed by atoms with Crippen molar-refractivity contribution in [3.05, 3.63) is 89.0 Å². The molecule has 0 radical (unpaired) electrons. The Morgan fingerprint density at radius 1 is 0.811 bits per heavy atom. The van der Waals surface area contributed by atoms with Gasteiger partial charge in [-0.25, -0.2) is 4.90 Å². The fourth-order valence-electron chi connectivity index (χ4n) is 5.78. The van der Waals surface area contributed by atoms with E-state index in [9.17, 15) is 19.2 Å². The van der Waals surface area contributed by atoms with Gasteiger partial charge in [-0.05, 0) is 24.6 Å². The van der Waals surface area contributed by atoms with Gasteiger partial charge in [-0.1, -0.05) is 54.1 Å². The molecule has 3 atom stereocenters. The summed E-state index contributed by atoms with van der Waals surface area (Å²) in [6, 6.07) is 18.4. The third-order valence-electron chi connectivity index (χ3n) is 7.55. The first-order chi connectivity index (χ1) is 17.8. The van der Waals surface area contributed by atoms with Crippen molar-refractivity contribution in [2.45, 2.75) is 18.6 Å². The van der Waals surface area contributed by atoms with Gasteiger partial charge in [-0.15, -0.1) is 0 Å². The standard InChI is InChI=1S/C29H23NO7/c1-15-8-10-16(11-9-15)24-22-23(29(37-24)25(31)18-6-4-5-7-19(18)26(29)32)28(34)30(27(22)33)20-13-12-17(35-2)14-21(20)36-3/h4-14,22-24H,1-3H3/t22-,23+,24-/m0/s1. The Morgan fingerprint density at radius 3 is 2.05 bits per heavy atom. The average molecular weight is 498 g/mol. The summed E-state index contributed by atoms with van der Waals surface area (Å²) in [5.74, 6) is -4.11. The summed E-state index contributed by atoms with van der Waals surface area (Å²) in [4.78, 5) is 56.8. The van der Waals surface area contributed by atoms with Gasteiger partial charge >= 0.3 is 0 Å². The first-order valence-corrected chi connectivity index (χ1v) is 11.9. The SMILES string of the molecule is COc1ccc(N2C(=O)[C@@H]3[C@H](c4ccc(C)cc4)OC4(C(=O)c5ccccc5C4=O)[C@H]3C2=O)c(OC)c1. The van der Waals surface area contributed by atoms with Crippen molar-refractivity contribution in [1.82, 2.24) is 0 Å². The maximum absolute atomic E-state index is 14.1. The normalized spacial score (nSPS) is 23.5. The van der Waals surface area contributed by atoms with E-state index in [1.54, 1.807) is 54.6 Å². The molecular formula is C29H23NO7. The van der Waals surface area contributed by atoms with E-state index in [1.165, 1.54) is 14.2 Å². The number of nitrogens with zero attached hydrogens (tertiary/aromatic N) is 1. The fourth-order valence-corrected chi connectivity index (χ4v) is 5.78. The maximum Gasteiger partial charge on any atom is 0.241 e. The molecule has 37 heavy (non-hydrogen) atoms. The third kappa shape index (κ3) is 2.99. The Labute approximate surface area is 212 Å². The van der Waals surface area contributed by atoms with Gasteiger partial charge in [0.1, 0.15) is 11.5 Å². The van der Waals surface area contributed by atoms with Gasteiger partial charge in [0, 0.05) is 17.2 Å². The van der Waals surface area contributed by atoms with Crippen LogP contribution < -0.4 is 14.4 Å². The molecule has 2 fully saturated rings. The molecule has 186 valence electrons. The predicted octanol–water partition coefficient (Wildman–Crippen LogP) is 3.71. The zero-order valence-corrected chi connectivity index (χ0v) is 20.4. The van der Waals surface area contributed by atoms with Crippen LogP contribution in [0.1, 0.15) is 37.9 Å². The molecule has 0 unspecified atom stereocenters. The molecule has 0 saturated carbocycles. The third-order valence-corrected chi connectivity index (χ3v) is 7.55. The maximum atomic E-state index is 14.1. The molecule has 2 saturated heterocycles. The highest BCUT2D eigenvalue weighted by atomic mass is 16.5. The molecule has 0 N–H and O–H groups in total. The molecule has 1 aliphatic carbocycles. The van der Waals surface area contributed by atoms with Gasteiger partial charge in [-0.2, -0.15) is 0 Å². The fraction of sp³-hybridized carbons (Fsp3) is 0.241. The lowest BCUT2D eigenvalue weighted by Crippen LogP contribution is -2.51. The Hall–Kier alpha value is -4.30. The van der Waals surface area contributed by atoms with Gasteiger partial charge < -0.3 is 14.2 Å². The second-order valence-corrected chi connectivity index (χ2v) is 9.44. The van der Waals surface area contributed by atoms with Crippen molar-refractivity contribution in [2.24, 2.45) is 11.8 Å². The number of amides is 2. The molecule has 0 bridgehead atoms. The summed E-state index contributed by atoms with van der Waals surface area (Å²) < 4.78 is 17.0. The van der Waals surface area contributed by atoms with Crippen molar-refractivity contribution >= 4 is 29.1 Å². The average Bonchev–Trinajstić information content (AvgIpc) is 3.48. The number of anilines is 1. The van der Waals surface area contributed by atoms with E-state index in [4.69, 9.17) is 14.2 Å². The molecule has 2 aliphatic heterocycles. The van der Waals surface area contributed by atoms with Crippen molar-refractivity contribution in [3.8, 4) is 11.5 Å². The number of ketones is 2. The second-order valence-electron chi connectivity index (χ2n) is 9.44. The van der Waals surface area contributed by atoms with E-state index >= 15 is 0 Å². The number of hydrogen-bond acceptors (Lipinski definition) is 7. The number of hydrogen-bond donors (Lipinski definition) is 0. The summed E-state index contributed by atoms with van der Waals surface area (Å²) in [5, 5.41) is 0. The number of aryl methyl sites for hydroxylation is 1. The van der Waals surface area contributed by atoms with Crippen LogP contribution in [0.3, 0.4) is 0 Å². The zero-order valence-electron chi connectivity index (χ0n) is 20.4. The number of fused-ring (bicyclic) bond motifs is 3. The van der Waals surface area contributed by atoms with E-state index in [0.29, 0.717) is 11.3 Å². The van der Waals surface area contributed by atoms with Crippen LogP contribution in [-0.4, -0.2) is 43.2 Å². The highest BCUT2D eigenvalue weighted by molar-refractivity contribution is 6.37. The number of ether oxygens (including phenoxy) is 3. The Bertz CT molecular complexity index is 1460. The number of benzene rings is 3. The minimum absolute atomic E-state index is 0.191. The van der Waals surface area contributed by atoms with Crippen molar-refractivity contribution < 1.29 is 33.4 Å². The van der Waals surface area contributed by atoms with Crippen LogP contribution in [0.15, 0.2) is 66.7 Å². The molecule has 3 aliphatic rings. The van der Waals surface area contributed by atoms with E-state index in [2.05, 4.69) is 0 Å². The highest BCUT2D eigenvalue weighted by Gasteiger charge is 2.74. The van der Waals surface area contributed by atoms with E-state index in [1.807, 2.05) is 19.1 Å². The molecular weight excluding hydrogens is 474 g/mol. The number of imide groups is 1. The Balaban J connectivity index is 1.54. The van der Waals surface area contributed by atoms with Crippen LogP contribution in [-0.2, 0) is 14.3 Å². The first kappa shape index (κ1) is 23.1. The summed E-state index contributed by atoms with van der Waals surface area (Å²) in [5.41, 5.74) is 0.0741. The summed E-state index contributed by atoms with van der Waals surface area (Å²) in [6.45, 7) is 1.92. The van der Waals surface area contributed by atoms with Crippen molar-refractivity contribution in [1.29, 1.82) is 0 Å². The van der Waals surface area contributed by atoms with E-state index in [-0.39, 0.29) is 22.6 Å². The highest BCUT2D eigenvalue weighted by Crippen LogP contribution is 2.58. The molecule has 3 aromatic carbocycles. The molecule has 3 aromatic rings. The van der Waals surface area contributed by atoms with Gasteiger partial charge in [0.25, 0.3) is 0 Å². The summed E-state index contributed by atoms with van der Waals surface area (Å²) in [6.07, 6.45) is -0.974. The smallest absolute Gasteiger partial charge is 0.241 e. The molecule has 2 amide bonds. The van der Waals surface area contributed by atoms with Crippen molar-refractivity contribution in [2.75, 3.05) is 19.1 Å². The number of rotatable bonds is 4. The molecule has 8 nitrogen and oxygen atoms in total. The first-order valence-electron chi connectivity index (χ1n) is 11.9. The zero-order chi connectivity index (χ0) is 26.1. The monoisotopic (exact) mass is 497 g/mol. The minimum Gasteiger partial charge on any atom is -0.497 e. The largest absolute Gasteiger partial charge is 0.497 e. The van der Waals surface area contributed by atoms with Gasteiger partial charge in [0.2, 0.25) is 29.0 Å². The van der Waals surface area contributed by atoms with Crippen LogP contribution in [0.25, 0.3) is 0 Å². The molecule has 2 heterocycles. The minimum atomic E-state index is -2.12. The van der Waals surface area contributed by atoms with Gasteiger partial charge in [-0.3, -0.25) is 19.2 Å². The second kappa shape index (κ2) is 8.11. The molecule has 6 rings (SSSR count). The number of methoxy groups -OCH3 is 2. The quantitative estimate of drug-likeness (QED) is 0.400. The van der Waals surface area contributed by atoms with Crippen molar-refractivity contribution in [3.63, 3.8) is 0 Å². The topological polar surface area (TPSA) is 99.2 Å². The van der Waals surface area contributed by atoms with E-state index in [0.717, 1.165) is 10.5 Å². The lowest BCUT2D eigenvalue weighted by Gasteiger charge is -2.27. The van der Waals surface area contributed by atoms with Crippen LogP contribution >= 0.6 is 0 Å². The molecule has 0 aromatic heterocycles. The number of carbonyl (C=O) groups excluding carboxylic acids is 4. The van der Waals surface area contributed by atoms with Crippen LogP contribution in [0.2, 0.25) is 0 Å². The number of carbonyl (C=O) groups is 4. The lowest BCUT2D eigenvalue weighted by atomic mass is 9.77. The van der Waals surface area contributed by atoms with E-state index < -0.39 is 46.9 Å². The number of Topliss-reactive ketones (excluding diaryl/α,β-unsaturated/α-hetero) is 2. The van der Waals surface area contributed by atoms with Gasteiger partial charge in [0.05, 0.1) is 37.8 Å². The summed E-state index contributed by atoms with van der Waals surface area (Å²) >= 11 is 0. The lowest BCUT2D eigenvalue weighted by molar-refractivity contribution is -0.127.